The summed E-state index contributed by atoms with van der Waals surface area (Å²) >= 11 is 0. The fourth-order valence-corrected chi connectivity index (χ4v) is 2.81. The number of aliphatic hydroxyl groups excluding tert-OH is 1. The Kier molecular flexibility index (Phi) is 5.55. The van der Waals surface area contributed by atoms with Gasteiger partial charge >= 0.3 is 6.18 Å². The number of rotatable bonds is 4. The Bertz CT molecular complexity index is 589. The molecule has 0 bridgehead atoms. The summed E-state index contributed by atoms with van der Waals surface area (Å²) in [4.78, 5) is 15.9. The van der Waals surface area contributed by atoms with Gasteiger partial charge in [0, 0.05) is 12.6 Å². The Labute approximate surface area is 139 Å². The van der Waals surface area contributed by atoms with E-state index in [4.69, 9.17) is 0 Å². The number of hydrogen-bond donors (Lipinski definition) is 1. The lowest BCUT2D eigenvalue weighted by molar-refractivity contribution is -0.137. The Morgan fingerprint density at radius 1 is 1.42 bits per heavy atom. The maximum atomic E-state index is 12.9. The van der Waals surface area contributed by atoms with Crippen molar-refractivity contribution in [3.8, 4) is 0 Å². The van der Waals surface area contributed by atoms with Gasteiger partial charge < -0.3 is 10.0 Å². The molecule has 0 spiro atoms. The van der Waals surface area contributed by atoms with Crippen LogP contribution in [0, 0.1) is 0 Å². The van der Waals surface area contributed by atoms with Crippen LogP contribution in [0.15, 0.2) is 24.3 Å². The monoisotopic (exact) mass is 344 g/mol. The van der Waals surface area contributed by atoms with Crippen LogP contribution in [0.1, 0.15) is 37.4 Å². The van der Waals surface area contributed by atoms with Crippen molar-refractivity contribution in [3.63, 3.8) is 0 Å². The fourth-order valence-electron chi connectivity index (χ4n) is 2.81. The number of nitrogens with zero attached hydrogens (tertiary/aromatic N) is 2. The molecule has 0 aliphatic carbocycles. The number of aliphatic hydroxyl groups is 1. The SMILES string of the molecule is CC(C)N(C)CC(=O)N1C[C@H](O)C[C@H]1c1cccc(C(F)(F)F)c1. The molecule has 2 atom stereocenters. The molecule has 0 aromatic heterocycles. The van der Waals surface area contributed by atoms with Gasteiger partial charge in [-0.25, -0.2) is 0 Å². The Morgan fingerprint density at radius 2 is 2.08 bits per heavy atom. The van der Waals surface area contributed by atoms with E-state index in [1.807, 2.05) is 25.8 Å². The molecule has 134 valence electrons. The summed E-state index contributed by atoms with van der Waals surface area (Å²) in [6, 6.07) is 4.63. The van der Waals surface area contributed by atoms with Gasteiger partial charge in [0.1, 0.15) is 0 Å². The highest BCUT2D eigenvalue weighted by atomic mass is 19.4. The molecule has 1 amide bonds. The first kappa shape index (κ1) is 18.7. The molecule has 1 aromatic rings. The van der Waals surface area contributed by atoms with Gasteiger partial charge in [0.25, 0.3) is 0 Å². The van der Waals surface area contributed by atoms with E-state index >= 15 is 0 Å². The molecule has 1 N–H and O–H groups in total. The van der Waals surface area contributed by atoms with Crippen LogP contribution < -0.4 is 0 Å². The second-order valence-electron chi connectivity index (χ2n) is 6.58. The molecule has 7 heteroatoms. The Balaban J connectivity index is 2.23. The van der Waals surface area contributed by atoms with Gasteiger partial charge in [-0.15, -0.1) is 0 Å². The first-order chi connectivity index (χ1) is 11.1. The molecule has 0 saturated carbocycles. The van der Waals surface area contributed by atoms with E-state index in [0.717, 1.165) is 12.1 Å². The topological polar surface area (TPSA) is 43.8 Å². The molecular formula is C17H23F3N2O2. The first-order valence-electron chi connectivity index (χ1n) is 7.94. The highest BCUT2D eigenvalue weighted by molar-refractivity contribution is 5.79. The van der Waals surface area contributed by atoms with Crippen LogP contribution in [0.3, 0.4) is 0 Å². The van der Waals surface area contributed by atoms with E-state index in [0.29, 0.717) is 5.56 Å². The zero-order chi connectivity index (χ0) is 18.1. The molecule has 0 unspecified atom stereocenters. The Morgan fingerprint density at radius 3 is 2.67 bits per heavy atom. The summed E-state index contributed by atoms with van der Waals surface area (Å²) in [6.07, 6.45) is -4.91. The standard InChI is InChI=1S/C17H23F3N2O2/c1-11(2)21(3)10-16(24)22-9-14(23)8-15(22)12-5-4-6-13(7-12)17(18,19)20/h4-7,11,14-15,23H,8-10H2,1-3H3/t14-,15+/m1/s1. The van der Waals surface area contributed by atoms with E-state index in [1.54, 1.807) is 6.07 Å². The highest BCUT2D eigenvalue weighted by Gasteiger charge is 2.37. The fraction of sp³-hybridized carbons (Fsp3) is 0.588. The van der Waals surface area contributed by atoms with E-state index in [2.05, 4.69) is 0 Å². The summed E-state index contributed by atoms with van der Waals surface area (Å²) in [5.74, 6) is -0.190. The van der Waals surface area contributed by atoms with Crippen LogP contribution in [-0.2, 0) is 11.0 Å². The molecule has 1 heterocycles. The third kappa shape index (κ3) is 4.27. The summed E-state index contributed by atoms with van der Waals surface area (Å²) in [7, 11) is 1.81. The molecule has 1 fully saturated rings. The molecule has 24 heavy (non-hydrogen) atoms. The predicted octanol–water partition coefficient (Wildman–Crippen LogP) is 2.68. The average Bonchev–Trinajstić information content (AvgIpc) is 2.88. The van der Waals surface area contributed by atoms with E-state index < -0.39 is 23.9 Å². The minimum Gasteiger partial charge on any atom is -0.391 e. The van der Waals surface area contributed by atoms with Crippen LogP contribution in [0.4, 0.5) is 13.2 Å². The van der Waals surface area contributed by atoms with Crippen molar-refractivity contribution >= 4 is 5.91 Å². The second-order valence-corrected chi connectivity index (χ2v) is 6.58. The van der Waals surface area contributed by atoms with Crippen LogP contribution in [-0.4, -0.2) is 53.1 Å². The van der Waals surface area contributed by atoms with Crippen molar-refractivity contribution in [2.45, 2.75) is 44.6 Å². The number of alkyl halides is 3. The average molecular weight is 344 g/mol. The zero-order valence-electron chi connectivity index (χ0n) is 14.0. The quantitative estimate of drug-likeness (QED) is 0.913. The van der Waals surface area contributed by atoms with E-state index in [-0.39, 0.29) is 31.5 Å². The lowest BCUT2D eigenvalue weighted by atomic mass is 10.0. The number of carbonyl (C=O) groups is 1. The zero-order valence-corrected chi connectivity index (χ0v) is 14.0. The molecule has 0 radical (unpaired) electrons. The number of amides is 1. The smallest absolute Gasteiger partial charge is 0.391 e. The van der Waals surface area contributed by atoms with Crippen molar-refractivity contribution in [2.75, 3.05) is 20.1 Å². The number of hydrogen-bond acceptors (Lipinski definition) is 3. The summed E-state index contributed by atoms with van der Waals surface area (Å²) in [5, 5.41) is 9.92. The van der Waals surface area contributed by atoms with Crippen molar-refractivity contribution in [2.24, 2.45) is 0 Å². The van der Waals surface area contributed by atoms with Crippen LogP contribution >= 0.6 is 0 Å². The number of likely N-dealkylation sites (tertiary alicyclic amines) is 1. The van der Waals surface area contributed by atoms with Crippen molar-refractivity contribution in [1.29, 1.82) is 0 Å². The van der Waals surface area contributed by atoms with Gasteiger partial charge in [-0.3, -0.25) is 9.69 Å². The third-order valence-electron chi connectivity index (χ3n) is 4.46. The number of benzene rings is 1. The second kappa shape index (κ2) is 7.11. The lowest BCUT2D eigenvalue weighted by Crippen LogP contribution is -2.41. The maximum Gasteiger partial charge on any atom is 0.416 e. The summed E-state index contributed by atoms with van der Waals surface area (Å²) in [5.41, 5.74) is -0.338. The molecule has 1 aliphatic rings. The van der Waals surface area contributed by atoms with Gasteiger partial charge in [-0.2, -0.15) is 13.2 Å². The normalized spacial score (nSPS) is 21.8. The number of β-amino-alcohol motifs (C(OH)–C–C–N with tert-alkyl or cyclic N) is 1. The minimum absolute atomic E-state index is 0.145. The van der Waals surface area contributed by atoms with Gasteiger partial charge in [0.05, 0.1) is 24.3 Å². The van der Waals surface area contributed by atoms with Gasteiger partial charge in [0.15, 0.2) is 0 Å². The van der Waals surface area contributed by atoms with Crippen molar-refractivity contribution in [3.05, 3.63) is 35.4 Å². The van der Waals surface area contributed by atoms with Crippen LogP contribution in [0.25, 0.3) is 0 Å². The van der Waals surface area contributed by atoms with Gasteiger partial charge in [0.2, 0.25) is 5.91 Å². The lowest BCUT2D eigenvalue weighted by Gasteiger charge is -2.28. The van der Waals surface area contributed by atoms with Crippen molar-refractivity contribution in [1.82, 2.24) is 9.80 Å². The first-order valence-corrected chi connectivity index (χ1v) is 7.94. The molecular weight excluding hydrogens is 321 g/mol. The van der Waals surface area contributed by atoms with Crippen molar-refractivity contribution < 1.29 is 23.1 Å². The number of halogens is 3. The summed E-state index contributed by atoms with van der Waals surface area (Å²) < 4.78 is 38.7. The van der Waals surface area contributed by atoms with Crippen LogP contribution in [0.5, 0.6) is 0 Å². The largest absolute Gasteiger partial charge is 0.416 e. The van der Waals surface area contributed by atoms with Crippen LogP contribution in [0.2, 0.25) is 0 Å². The number of likely N-dealkylation sites (N-methyl/N-ethyl adjacent to an activating group) is 1. The molecule has 1 aliphatic heterocycles. The van der Waals surface area contributed by atoms with Gasteiger partial charge in [-0.05, 0) is 45.0 Å². The molecule has 1 saturated heterocycles. The highest BCUT2D eigenvalue weighted by Crippen LogP contribution is 2.36. The molecule has 4 nitrogen and oxygen atoms in total. The number of carbonyl (C=O) groups excluding carboxylic acids is 1. The Hall–Kier alpha value is -1.60. The molecule has 1 aromatic carbocycles. The summed E-state index contributed by atoms with van der Waals surface area (Å²) in [6.45, 7) is 4.22. The van der Waals surface area contributed by atoms with Gasteiger partial charge in [-0.1, -0.05) is 12.1 Å². The molecule has 2 rings (SSSR count). The minimum atomic E-state index is -4.43. The van der Waals surface area contributed by atoms with E-state index in [1.165, 1.54) is 11.0 Å². The van der Waals surface area contributed by atoms with E-state index in [9.17, 15) is 23.1 Å². The third-order valence-corrected chi connectivity index (χ3v) is 4.46. The maximum absolute atomic E-state index is 12.9. The predicted molar refractivity (Wildman–Crippen MR) is 84.3 cm³/mol.